The molecule has 0 spiro atoms. The predicted octanol–water partition coefficient (Wildman–Crippen LogP) is -0.0329. The van der Waals surface area contributed by atoms with Crippen molar-refractivity contribution in [3.8, 4) is 0 Å². The Balaban J connectivity index is -0.0000000480. The fourth-order valence-corrected chi connectivity index (χ4v) is 0. The molecule has 0 rings (SSSR count). The second-order valence-electron chi connectivity index (χ2n) is 0.519. The molecule has 0 fully saturated rings. The minimum atomic E-state index is -0.833. The number of hydrogen-bond acceptors (Lipinski definition) is 2. The molecule has 0 radical (unpaired) electrons. The molecular weight excluding hydrogens is 184 g/mol. The number of aliphatic carboxylic acids is 1. The first-order valence-electron chi connectivity index (χ1n) is 1.07. The third kappa shape index (κ3) is 1230. The first-order chi connectivity index (χ1) is 2.73. The van der Waals surface area contributed by atoms with E-state index in [1.165, 1.54) is 0 Å². The Bertz CT molecular complexity index is 42.2. The Labute approximate surface area is 60.0 Å². The molecule has 0 unspecified atom stereocenters. The minimum absolute atomic E-state index is 0. The summed E-state index contributed by atoms with van der Waals surface area (Å²) >= 11 is 2.00. The molecule has 0 aliphatic carbocycles. The van der Waals surface area contributed by atoms with Gasteiger partial charge in [0.2, 0.25) is 0 Å². The average Bonchev–Trinajstić information content (AvgIpc) is 1.41. The van der Waals surface area contributed by atoms with E-state index in [1.807, 2.05) is 15.9 Å². The van der Waals surface area contributed by atoms with Crippen molar-refractivity contribution in [2.24, 2.45) is 0 Å². The SMILES string of the molecule is CC(=O)O.[Fe].[O]=[Fe]. The van der Waals surface area contributed by atoms with Gasteiger partial charge in [-0.3, -0.25) is 4.79 Å². The van der Waals surface area contributed by atoms with Crippen molar-refractivity contribution in [1.82, 2.24) is 0 Å². The van der Waals surface area contributed by atoms with Gasteiger partial charge in [0.05, 0.1) is 0 Å². The maximum atomic E-state index is 9.00. The Hall–Kier alpha value is 0.309. The molecule has 1 N–H and O–H groups in total. The molecule has 5 heteroatoms. The average molecular weight is 188 g/mol. The van der Waals surface area contributed by atoms with E-state index in [0.29, 0.717) is 0 Å². The number of rotatable bonds is 0. The zero-order chi connectivity index (χ0) is 5.58. The van der Waals surface area contributed by atoms with Crippen LogP contribution in [0.1, 0.15) is 6.92 Å². The van der Waals surface area contributed by atoms with Crippen LogP contribution in [0, 0.1) is 0 Å². The third-order valence-corrected chi connectivity index (χ3v) is 0. The molecule has 0 saturated heterocycles. The summed E-state index contributed by atoms with van der Waals surface area (Å²) in [5.74, 6) is -0.833. The summed E-state index contributed by atoms with van der Waals surface area (Å²) in [5.41, 5.74) is 0. The van der Waals surface area contributed by atoms with Crippen molar-refractivity contribution in [2.75, 3.05) is 0 Å². The van der Waals surface area contributed by atoms with E-state index in [2.05, 4.69) is 0 Å². The summed E-state index contributed by atoms with van der Waals surface area (Å²) in [6.07, 6.45) is 0. The van der Waals surface area contributed by atoms with Crippen LogP contribution in [0.4, 0.5) is 0 Å². The molecule has 0 atom stereocenters. The molecule has 0 bridgehead atoms. The molecule has 0 aliphatic heterocycles. The third-order valence-electron chi connectivity index (χ3n) is 0. The molecule has 46 valence electrons. The van der Waals surface area contributed by atoms with E-state index in [0.717, 1.165) is 6.92 Å². The van der Waals surface area contributed by atoms with Gasteiger partial charge in [0.15, 0.2) is 0 Å². The van der Waals surface area contributed by atoms with E-state index in [4.69, 9.17) is 13.7 Å². The van der Waals surface area contributed by atoms with E-state index >= 15 is 0 Å². The molecule has 3 nitrogen and oxygen atoms in total. The predicted molar refractivity (Wildman–Crippen MR) is 14.0 cm³/mol. The molecule has 0 aromatic carbocycles. The Kier molecular flexibility index (Phi) is 36.4. The molecule has 0 amide bonds. The summed E-state index contributed by atoms with van der Waals surface area (Å²) in [6, 6.07) is 0. The van der Waals surface area contributed by atoms with Crippen molar-refractivity contribution < 1.29 is 46.7 Å². The van der Waals surface area contributed by atoms with Gasteiger partial charge in [-0.05, 0) is 0 Å². The Morgan fingerprint density at radius 1 is 1.57 bits per heavy atom. The normalized spacial score (nSPS) is 4.29. The second-order valence-corrected chi connectivity index (χ2v) is 0.519. The molecular formula is C2H4Fe2O3. The van der Waals surface area contributed by atoms with E-state index in [9.17, 15) is 0 Å². The van der Waals surface area contributed by atoms with Crippen LogP contribution in [0.2, 0.25) is 0 Å². The Morgan fingerprint density at radius 3 is 1.57 bits per heavy atom. The molecule has 0 aromatic rings. The zero-order valence-electron chi connectivity index (χ0n) is 3.47. The van der Waals surface area contributed by atoms with Gasteiger partial charge in [-0.1, -0.05) is 0 Å². The maximum absolute atomic E-state index is 9.00. The van der Waals surface area contributed by atoms with Gasteiger partial charge in [0, 0.05) is 24.0 Å². The first-order valence-corrected chi connectivity index (χ1v) is 1.52. The zero-order valence-corrected chi connectivity index (χ0v) is 5.68. The quantitative estimate of drug-likeness (QED) is 0.542. The summed E-state index contributed by atoms with van der Waals surface area (Å²) in [7, 11) is 0. The number of carboxylic acid groups (broad SMARTS) is 1. The van der Waals surface area contributed by atoms with Crippen molar-refractivity contribution in [3.05, 3.63) is 0 Å². The monoisotopic (exact) mass is 188 g/mol. The molecule has 0 aromatic heterocycles. The van der Waals surface area contributed by atoms with Crippen LogP contribution in [-0.4, -0.2) is 11.1 Å². The van der Waals surface area contributed by atoms with Gasteiger partial charge in [-0.2, -0.15) is 0 Å². The van der Waals surface area contributed by atoms with Gasteiger partial charge in [-0.25, -0.2) is 0 Å². The van der Waals surface area contributed by atoms with Crippen LogP contribution in [0.25, 0.3) is 0 Å². The van der Waals surface area contributed by atoms with Gasteiger partial charge in [0.1, 0.15) is 0 Å². The molecule has 7 heavy (non-hydrogen) atoms. The topological polar surface area (TPSA) is 54.4 Å². The van der Waals surface area contributed by atoms with Crippen LogP contribution in [0.3, 0.4) is 0 Å². The van der Waals surface area contributed by atoms with Crippen LogP contribution < -0.4 is 0 Å². The van der Waals surface area contributed by atoms with Crippen LogP contribution in [0.5, 0.6) is 0 Å². The van der Waals surface area contributed by atoms with E-state index in [1.54, 1.807) is 0 Å². The standard InChI is InChI=1S/C2H4O2.2Fe.O/c1-2(3)4;;;/h1H3,(H,3,4);;;. The summed E-state index contributed by atoms with van der Waals surface area (Å²) < 4.78 is 8.00. The van der Waals surface area contributed by atoms with Crippen molar-refractivity contribution in [1.29, 1.82) is 0 Å². The van der Waals surface area contributed by atoms with Crippen LogP contribution in [0.15, 0.2) is 0 Å². The summed E-state index contributed by atoms with van der Waals surface area (Å²) in [4.78, 5) is 9.00. The van der Waals surface area contributed by atoms with Gasteiger partial charge in [0.25, 0.3) is 5.97 Å². The number of carboxylic acids is 1. The van der Waals surface area contributed by atoms with Gasteiger partial charge in [-0.15, -0.1) is 0 Å². The van der Waals surface area contributed by atoms with Crippen LogP contribution >= 0.6 is 0 Å². The van der Waals surface area contributed by atoms with Gasteiger partial charge < -0.3 is 5.11 Å². The van der Waals surface area contributed by atoms with Gasteiger partial charge >= 0.3 is 19.8 Å². The van der Waals surface area contributed by atoms with Crippen molar-refractivity contribution >= 4 is 5.97 Å². The number of carbonyl (C=O) groups is 1. The van der Waals surface area contributed by atoms with Crippen molar-refractivity contribution in [3.63, 3.8) is 0 Å². The first kappa shape index (κ1) is 15.7. The second kappa shape index (κ2) is 16.2. The van der Waals surface area contributed by atoms with E-state index in [-0.39, 0.29) is 17.1 Å². The fraction of sp³-hybridized carbons (Fsp3) is 0.500. The molecule has 0 heterocycles. The van der Waals surface area contributed by atoms with Crippen LogP contribution in [-0.2, 0) is 41.6 Å². The number of hydrogen-bond donors (Lipinski definition) is 1. The fourth-order valence-electron chi connectivity index (χ4n) is 0. The summed E-state index contributed by atoms with van der Waals surface area (Å²) in [6.45, 7) is 1.08. The molecule has 0 aliphatic rings. The molecule has 0 saturated carbocycles. The van der Waals surface area contributed by atoms with Crippen molar-refractivity contribution in [2.45, 2.75) is 6.92 Å². The summed E-state index contributed by atoms with van der Waals surface area (Å²) in [5, 5.41) is 7.42. The van der Waals surface area contributed by atoms with E-state index < -0.39 is 5.97 Å². The Morgan fingerprint density at radius 2 is 1.57 bits per heavy atom.